The van der Waals surface area contributed by atoms with Gasteiger partial charge in [-0.3, -0.25) is 9.89 Å². The number of anilines is 2. The standard InChI is InChI=1S/C23H24F3N7O2.C5H11N.C2H6/c1-3-19(34)31-8-10-32(11-9-31)21-14-6-7-33(13-18(14)28-22(29-21)35-2)20-15-12-27-30-17(15)5-4-16(20)23(24,25)26;1-6-4-2-3-5-6;1-2/h3-5,12H,1,6-11,13H2,2H3,(H,27,30);2-5H2,1H3;1-2H3. The van der Waals surface area contributed by atoms with Gasteiger partial charge in [-0.1, -0.05) is 20.4 Å². The number of hydrogen-bond acceptors (Lipinski definition) is 8. The predicted octanol–water partition coefficient (Wildman–Crippen LogP) is 4.52. The normalized spacial score (nSPS) is 17.0. The van der Waals surface area contributed by atoms with Gasteiger partial charge in [-0.15, -0.1) is 0 Å². The second kappa shape index (κ2) is 14.1. The third-order valence-electron chi connectivity index (χ3n) is 7.82. The number of nitrogens with zero attached hydrogens (tertiary/aromatic N) is 7. The number of H-pyrrole nitrogens is 1. The highest BCUT2D eigenvalue weighted by atomic mass is 19.4. The van der Waals surface area contributed by atoms with Gasteiger partial charge >= 0.3 is 12.2 Å². The van der Waals surface area contributed by atoms with Crippen molar-refractivity contribution in [2.75, 3.05) is 69.8 Å². The van der Waals surface area contributed by atoms with Crippen LogP contribution in [0.5, 0.6) is 6.01 Å². The van der Waals surface area contributed by atoms with Crippen LogP contribution in [-0.4, -0.2) is 95.8 Å². The Morgan fingerprint density at radius 2 is 1.72 bits per heavy atom. The average Bonchev–Trinajstić information content (AvgIpc) is 3.71. The Bertz CT molecular complexity index is 1400. The minimum atomic E-state index is -4.52. The van der Waals surface area contributed by atoms with Crippen LogP contribution in [0.3, 0.4) is 0 Å². The number of ether oxygens (including phenoxy) is 1. The molecule has 3 aromatic rings. The van der Waals surface area contributed by atoms with E-state index in [0.717, 1.165) is 11.6 Å². The highest BCUT2D eigenvalue weighted by Crippen LogP contribution is 2.42. The SMILES string of the molecule is C=CC(=O)N1CCN(c2nc(OC)nc3c2CCN(c2c(C(F)(F)F)ccc4[nH]ncc24)C3)CC1.CC.CN1CCCC1. The first-order chi connectivity index (χ1) is 20.7. The molecule has 0 atom stereocenters. The van der Waals surface area contributed by atoms with Crippen LogP contribution in [0.25, 0.3) is 10.9 Å². The summed E-state index contributed by atoms with van der Waals surface area (Å²) >= 11 is 0. The van der Waals surface area contributed by atoms with E-state index in [-0.39, 0.29) is 24.1 Å². The molecule has 2 aromatic heterocycles. The van der Waals surface area contributed by atoms with Crippen molar-refractivity contribution in [3.63, 3.8) is 0 Å². The Morgan fingerprint density at radius 3 is 2.30 bits per heavy atom. The third-order valence-corrected chi connectivity index (χ3v) is 7.82. The number of carbonyl (C=O) groups excluding carboxylic acids is 1. The average molecular weight is 603 g/mol. The minimum absolute atomic E-state index is 0.0880. The fraction of sp³-hybridized carbons (Fsp3) is 0.533. The fourth-order valence-electron chi connectivity index (χ4n) is 5.65. The van der Waals surface area contributed by atoms with Crippen LogP contribution in [0.4, 0.5) is 24.7 Å². The molecule has 5 heterocycles. The second-order valence-corrected chi connectivity index (χ2v) is 10.4. The predicted molar refractivity (Wildman–Crippen MR) is 162 cm³/mol. The quantitative estimate of drug-likeness (QED) is 0.436. The molecule has 1 aromatic carbocycles. The zero-order chi connectivity index (χ0) is 31.1. The van der Waals surface area contributed by atoms with Crippen molar-refractivity contribution in [2.24, 2.45) is 0 Å². The fourth-order valence-corrected chi connectivity index (χ4v) is 5.65. The van der Waals surface area contributed by atoms with Gasteiger partial charge in [-0.05, 0) is 57.6 Å². The number of methoxy groups -OCH3 is 1. The van der Waals surface area contributed by atoms with E-state index in [1.807, 2.05) is 13.8 Å². The number of piperazine rings is 1. The van der Waals surface area contributed by atoms with Crippen molar-refractivity contribution >= 4 is 28.3 Å². The lowest BCUT2D eigenvalue weighted by atomic mass is 10.0. The molecule has 6 rings (SSSR count). The van der Waals surface area contributed by atoms with E-state index in [2.05, 4.69) is 43.6 Å². The smallest absolute Gasteiger partial charge is 0.418 e. The number of aromatic nitrogens is 4. The molecule has 1 amide bonds. The summed E-state index contributed by atoms with van der Waals surface area (Å²) in [5, 5.41) is 7.11. The van der Waals surface area contributed by atoms with Gasteiger partial charge in [-0.25, -0.2) is 0 Å². The molecule has 0 bridgehead atoms. The summed E-state index contributed by atoms with van der Waals surface area (Å²) in [6.45, 7) is 12.9. The summed E-state index contributed by atoms with van der Waals surface area (Å²) in [7, 11) is 3.63. The van der Waals surface area contributed by atoms with Crippen molar-refractivity contribution in [1.29, 1.82) is 0 Å². The zero-order valence-corrected chi connectivity index (χ0v) is 25.4. The van der Waals surface area contributed by atoms with Crippen LogP contribution >= 0.6 is 0 Å². The van der Waals surface area contributed by atoms with Gasteiger partial charge in [0.25, 0.3) is 0 Å². The molecule has 234 valence electrons. The molecule has 0 unspecified atom stereocenters. The van der Waals surface area contributed by atoms with E-state index in [4.69, 9.17) is 4.74 Å². The molecule has 43 heavy (non-hydrogen) atoms. The van der Waals surface area contributed by atoms with E-state index in [1.165, 1.54) is 51.4 Å². The van der Waals surface area contributed by atoms with Gasteiger partial charge < -0.3 is 24.3 Å². The summed E-state index contributed by atoms with van der Waals surface area (Å²) < 4.78 is 47.1. The zero-order valence-electron chi connectivity index (χ0n) is 25.4. The molecule has 2 fully saturated rings. The Morgan fingerprint density at radius 1 is 1.02 bits per heavy atom. The van der Waals surface area contributed by atoms with Gasteiger partial charge in [0.2, 0.25) is 5.91 Å². The van der Waals surface area contributed by atoms with Crippen LogP contribution in [0.15, 0.2) is 31.0 Å². The number of alkyl halides is 3. The number of halogens is 3. The van der Waals surface area contributed by atoms with Crippen LogP contribution in [-0.2, 0) is 23.9 Å². The molecule has 3 aliphatic heterocycles. The second-order valence-electron chi connectivity index (χ2n) is 10.4. The molecule has 10 nitrogen and oxygen atoms in total. The highest BCUT2D eigenvalue weighted by Gasteiger charge is 2.37. The lowest BCUT2D eigenvalue weighted by Crippen LogP contribution is -2.49. The lowest BCUT2D eigenvalue weighted by molar-refractivity contribution is -0.137. The van der Waals surface area contributed by atoms with Crippen LogP contribution in [0.2, 0.25) is 0 Å². The summed E-state index contributed by atoms with van der Waals surface area (Å²) in [6.07, 6.45) is 1.50. The largest absolute Gasteiger partial charge is 0.467 e. The summed E-state index contributed by atoms with van der Waals surface area (Å²) in [5.74, 6) is 0.589. The number of hydrogen-bond donors (Lipinski definition) is 1. The molecule has 13 heteroatoms. The number of likely N-dealkylation sites (tertiary alicyclic amines) is 1. The number of aromatic amines is 1. The summed E-state index contributed by atoms with van der Waals surface area (Å²) in [6, 6.07) is 2.64. The molecule has 0 radical (unpaired) electrons. The number of nitrogens with one attached hydrogen (secondary N) is 1. The molecule has 2 saturated heterocycles. The van der Waals surface area contributed by atoms with E-state index in [9.17, 15) is 18.0 Å². The number of fused-ring (bicyclic) bond motifs is 2. The monoisotopic (exact) mass is 602 g/mol. The number of amides is 1. The topological polar surface area (TPSA) is 93.7 Å². The van der Waals surface area contributed by atoms with Crippen LogP contribution in [0, 0.1) is 0 Å². The van der Waals surface area contributed by atoms with Gasteiger partial charge in [0.15, 0.2) is 0 Å². The van der Waals surface area contributed by atoms with E-state index in [1.54, 1.807) is 9.80 Å². The maximum Gasteiger partial charge on any atom is 0.418 e. The van der Waals surface area contributed by atoms with Crippen LogP contribution in [0.1, 0.15) is 43.5 Å². The van der Waals surface area contributed by atoms with Crippen LogP contribution < -0.4 is 14.5 Å². The van der Waals surface area contributed by atoms with E-state index in [0.29, 0.717) is 61.6 Å². The van der Waals surface area contributed by atoms with Crippen molar-refractivity contribution in [2.45, 2.75) is 45.8 Å². The molecular weight excluding hydrogens is 561 g/mol. The summed E-state index contributed by atoms with van der Waals surface area (Å²) in [4.78, 5) is 28.9. The first-order valence-electron chi connectivity index (χ1n) is 14.8. The first-order valence-corrected chi connectivity index (χ1v) is 14.8. The Labute approximate surface area is 250 Å². The van der Waals surface area contributed by atoms with Gasteiger partial charge in [0.05, 0.1) is 42.3 Å². The number of rotatable bonds is 4. The van der Waals surface area contributed by atoms with Crippen molar-refractivity contribution in [3.8, 4) is 6.01 Å². The number of benzene rings is 1. The Balaban J connectivity index is 0.000000466. The van der Waals surface area contributed by atoms with Gasteiger partial charge in [0.1, 0.15) is 5.82 Å². The molecular formula is C30H41F3N8O2. The lowest BCUT2D eigenvalue weighted by Gasteiger charge is -2.38. The van der Waals surface area contributed by atoms with Crippen molar-refractivity contribution < 1.29 is 22.7 Å². The third kappa shape index (κ3) is 7.20. The molecule has 1 N–H and O–H groups in total. The Hall–Kier alpha value is -3.87. The first kappa shape index (κ1) is 32.1. The van der Waals surface area contributed by atoms with E-state index >= 15 is 0 Å². The summed E-state index contributed by atoms with van der Waals surface area (Å²) in [5.41, 5.74) is 1.42. The van der Waals surface area contributed by atoms with Gasteiger partial charge in [0, 0.05) is 43.7 Å². The highest BCUT2D eigenvalue weighted by molar-refractivity contribution is 5.94. The Kier molecular flexibility index (Phi) is 10.5. The molecule has 0 spiro atoms. The van der Waals surface area contributed by atoms with E-state index < -0.39 is 11.7 Å². The van der Waals surface area contributed by atoms with Crippen molar-refractivity contribution in [3.05, 3.63) is 47.8 Å². The van der Waals surface area contributed by atoms with Gasteiger partial charge in [-0.2, -0.15) is 28.2 Å². The number of carbonyl (C=O) groups is 1. The molecule has 3 aliphatic rings. The maximum atomic E-state index is 13.9. The minimum Gasteiger partial charge on any atom is -0.467 e. The maximum absolute atomic E-state index is 13.9. The van der Waals surface area contributed by atoms with Crippen molar-refractivity contribution in [1.82, 2.24) is 30.0 Å². The molecule has 0 aliphatic carbocycles. The molecule has 0 saturated carbocycles.